The molecular formula is C20H23N3. The van der Waals surface area contributed by atoms with Gasteiger partial charge < -0.3 is 16.0 Å². The Morgan fingerprint density at radius 3 is 1.22 bits per heavy atom. The standard InChI is InChI=1S/C20H23N3/c1-2-6-16-15(5-1)19-13-22-11-9-21-10-12-23-14-20(16)18-8-4-3-7-17(18)19/h1-8,21-23H,9-14H2. The molecule has 0 fully saturated rings. The molecule has 23 heavy (non-hydrogen) atoms. The van der Waals surface area contributed by atoms with E-state index < -0.39 is 0 Å². The smallest absolute Gasteiger partial charge is 0.0218 e. The first-order valence-electron chi connectivity index (χ1n) is 8.48. The topological polar surface area (TPSA) is 36.1 Å². The molecule has 0 saturated carbocycles. The number of fused-ring (bicyclic) bond motifs is 3. The molecule has 1 heterocycles. The second-order valence-corrected chi connectivity index (χ2v) is 6.15. The third-order valence-corrected chi connectivity index (χ3v) is 4.72. The highest BCUT2D eigenvalue weighted by Crippen LogP contribution is 2.32. The molecule has 1 aliphatic heterocycles. The van der Waals surface area contributed by atoms with E-state index in [1.165, 1.54) is 32.7 Å². The van der Waals surface area contributed by atoms with E-state index in [1.807, 2.05) is 0 Å². The second-order valence-electron chi connectivity index (χ2n) is 6.15. The van der Waals surface area contributed by atoms with Crippen LogP contribution in [0.15, 0.2) is 48.5 Å². The van der Waals surface area contributed by atoms with Gasteiger partial charge in [-0.2, -0.15) is 0 Å². The van der Waals surface area contributed by atoms with Gasteiger partial charge in [0.2, 0.25) is 0 Å². The summed E-state index contributed by atoms with van der Waals surface area (Å²) in [7, 11) is 0. The van der Waals surface area contributed by atoms with Crippen LogP contribution in [0.5, 0.6) is 0 Å². The van der Waals surface area contributed by atoms with Crippen molar-refractivity contribution in [1.82, 2.24) is 16.0 Å². The van der Waals surface area contributed by atoms with E-state index in [4.69, 9.17) is 0 Å². The summed E-state index contributed by atoms with van der Waals surface area (Å²) in [4.78, 5) is 0. The van der Waals surface area contributed by atoms with Crippen molar-refractivity contribution in [3.05, 3.63) is 59.7 Å². The van der Waals surface area contributed by atoms with Gasteiger partial charge in [0.25, 0.3) is 0 Å². The number of rotatable bonds is 0. The molecule has 3 N–H and O–H groups in total. The van der Waals surface area contributed by atoms with Gasteiger partial charge >= 0.3 is 0 Å². The Bertz CT molecular complexity index is 701. The van der Waals surface area contributed by atoms with E-state index in [1.54, 1.807) is 0 Å². The summed E-state index contributed by atoms with van der Waals surface area (Å²) >= 11 is 0. The fourth-order valence-electron chi connectivity index (χ4n) is 3.60. The van der Waals surface area contributed by atoms with Crippen LogP contribution in [0, 0.1) is 0 Å². The van der Waals surface area contributed by atoms with Crippen LogP contribution < -0.4 is 16.0 Å². The molecule has 0 aliphatic carbocycles. The molecule has 0 unspecified atom stereocenters. The number of benzene rings is 3. The van der Waals surface area contributed by atoms with Gasteiger partial charge in [-0.05, 0) is 32.7 Å². The monoisotopic (exact) mass is 305 g/mol. The van der Waals surface area contributed by atoms with Crippen molar-refractivity contribution in [3.63, 3.8) is 0 Å². The maximum atomic E-state index is 3.60. The van der Waals surface area contributed by atoms with Crippen LogP contribution in [0.25, 0.3) is 21.5 Å². The summed E-state index contributed by atoms with van der Waals surface area (Å²) in [6, 6.07) is 17.7. The van der Waals surface area contributed by atoms with E-state index in [9.17, 15) is 0 Å². The molecule has 0 saturated heterocycles. The van der Waals surface area contributed by atoms with Crippen molar-refractivity contribution < 1.29 is 0 Å². The van der Waals surface area contributed by atoms with E-state index in [0.717, 1.165) is 39.3 Å². The lowest BCUT2D eigenvalue weighted by atomic mass is 9.91. The van der Waals surface area contributed by atoms with Crippen LogP contribution in [0.3, 0.4) is 0 Å². The zero-order chi connectivity index (χ0) is 15.5. The summed E-state index contributed by atoms with van der Waals surface area (Å²) in [5, 5.41) is 16.2. The van der Waals surface area contributed by atoms with Crippen LogP contribution >= 0.6 is 0 Å². The van der Waals surface area contributed by atoms with Gasteiger partial charge in [0.05, 0.1) is 0 Å². The molecule has 3 aromatic rings. The van der Waals surface area contributed by atoms with Crippen LogP contribution in [-0.2, 0) is 13.1 Å². The molecular weight excluding hydrogens is 282 g/mol. The van der Waals surface area contributed by atoms with Gasteiger partial charge in [-0.15, -0.1) is 0 Å². The molecule has 0 amide bonds. The van der Waals surface area contributed by atoms with E-state index in [2.05, 4.69) is 64.5 Å². The van der Waals surface area contributed by atoms with Crippen molar-refractivity contribution in [2.24, 2.45) is 0 Å². The van der Waals surface area contributed by atoms with Gasteiger partial charge in [-0.3, -0.25) is 0 Å². The van der Waals surface area contributed by atoms with Crippen LogP contribution in [0.2, 0.25) is 0 Å². The van der Waals surface area contributed by atoms with Crippen LogP contribution in [-0.4, -0.2) is 26.2 Å². The zero-order valence-electron chi connectivity index (χ0n) is 13.4. The Kier molecular flexibility index (Phi) is 4.24. The molecule has 0 aromatic heterocycles. The fourth-order valence-corrected chi connectivity index (χ4v) is 3.60. The van der Waals surface area contributed by atoms with Crippen molar-refractivity contribution in [1.29, 1.82) is 0 Å². The number of hydrogen-bond donors (Lipinski definition) is 3. The van der Waals surface area contributed by atoms with Crippen molar-refractivity contribution in [2.75, 3.05) is 26.2 Å². The molecule has 0 atom stereocenters. The van der Waals surface area contributed by atoms with Crippen LogP contribution in [0.1, 0.15) is 11.1 Å². The lowest BCUT2D eigenvalue weighted by Gasteiger charge is -2.17. The van der Waals surface area contributed by atoms with Gasteiger partial charge in [-0.1, -0.05) is 48.5 Å². The molecule has 3 aromatic carbocycles. The summed E-state index contributed by atoms with van der Waals surface area (Å²) in [5.74, 6) is 0. The molecule has 2 bridgehead atoms. The minimum absolute atomic E-state index is 0.913. The summed E-state index contributed by atoms with van der Waals surface area (Å²) in [6.07, 6.45) is 0. The Hall–Kier alpha value is -1.94. The third kappa shape index (κ3) is 2.83. The first kappa shape index (κ1) is 14.6. The lowest BCUT2D eigenvalue weighted by Crippen LogP contribution is -2.32. The number of hydrogen-bond acceptors (Lipinski definition) is 3. The molecule has 4 rings (SSSR count). The average Bonchev–Trinajstić information content (AvgIpc) is 2.63. The number of nitrogens with one attached hydrogen (secondary N) is 3. The normalized spacial score (nSPS) is 16.9. The predicted molar refractivity (Wildman–Crippen MR) is 97.7 cm³/mol. The summed E-state index contributed by atoms with van der Waals surface area (Å²) < 4.78 is 0. The third-order valence-electron chi connectivity index (χ3n) is 4.72. The van der Waals surface area contributed by atoms with E-state index >= 15 is 0 Å². The van der Waals surface area contributed by atoms with Gasteiger partial charge in [0.1, 0.15) is 0 Å². The largest absolute Gasteiger partial charge is 0.314 e. The maximum absolute atomic E-state index is 3.60. The lowest BCUT2D eigenvalue weighted by molar-refractivity contribution is 0.584. The summed E-state index contributed by atoms with van der Waals surface area (Å²) in [5.41, 5.74) is 2.83. The molecule has 1 aliphatic rings. The van der Waals surface area contributed by atoms with Crippen molar-refractivity contribution >= 4 is 21.5 Å². The zero-order valence-corrected chi connectivity index (χ0v) is 13.4. The molecule has 118 valence electrons. The SMILES string of the molecule is c1ccc2c3c4ccccc4c(c2c1)CNCCNCCNC3. The highest BCUT2D eigenvalue weighted by atomic mass is 15.0. The van der Waals surface area contributed by atoms with E-state index in [-0.39, 0.29) is 0 Å². The van der Waals surface area contributed by atoms with Gasteiger partial charge in [0.15, 0.2) is 0 Å². The predicted octanol–water partition coefficient (Wildman–Crippen LogP) is 2.78. The van der Waals surface area contributed by atoms with E-state index in [0.29, 0.717) is 0 Å². The summed E-state index contributed by atoms with van der Waals surface area (Å²) in [6.45, 7) is 5.82. The minimum Gasteiger partial charge on any atom is -0.314 e. The van der Waals surface area contributed by atoms with Gasteiger partial charge in [-0.25, -0.2) is 0 Å². The van der Waals surface area contributed by atoms with Gasteiger partial charge in [0, 0.05) is 39.3 Å². The molecule has 0 spiro atoms. The first-order valence-corrected chi connectivity index (χ1v) is 8.48. The quantitative estimate of drug-likeness (QED) is 0.559. The molecule has 0 radical (unpaired) electrons. The maximum Gasteiger partial charge on any atom is 0.0218 e. The minimum atomic E-state index is 0.913. The Balaban J connectivity index is 1.98. The highest BCUT2D eigenvalue weighted by molar-refractivity contribution is 6.05. The highest BCUT2D eigenvalue weighted by Gasteiger charge is 2.13. The second kappa shape index (κ2) is 6.67. The Morgan fingerprint density at radius 2 is 0.826 bits per heavy atom. The average molecular weight is 305 g/mol. The molecule has 3 nitrogen and oxygen atoms in total. The molecule has 3 heteroatoms. The fraction of sp³-hybridized carbons (Fsp3) is 0.300. The first-order chi connectivity index (χ1) is 11.4. The van der Waals surface area contributed by atoms with Crippen molar-refractivity contribution in [3.8, 4) is 0 Å². The van der Waals surface area contributed by atoms with Crippen molar-refractivity contribution in [2.45, 2.75) is 13.1 Å². The Labute approximate surface area is 137 Å². The Morgan fingerprint density at radius 1 is 0.478 bits per heavy atom. The van der Waals surface area contributed by atoms with Crippen LogP contribution in [0.4, 0.5) is 0 Å².